The third kappa shape index (κ3) is 4.19. The number of hydrogen-bond acceptors (Lipinski definition) is 9. The topological polar surface area (TPSA) is 158 Å². The van der Waals surface area contributed by atoms with E-state index in [1.807, 2.05) is 20.8 Å². The Hall–Kier alpha value is -3.47. The molecule has 11 nitrogen and oxygen atoms in total. The van der Waals surface area contributed by atoms with Crippen molar-refractivity contribution in [2.24, 2.45) is 5.92 Å². The standard InChI is InChI=1S/C18H23N7O4/c1-4-25-16-14(23-24-25)15(21-18(22-16)20-12(8-26)9(2)3)19-10-5-6-13(27)11(7-10)17(28)29/h5-7,9,12,26-27H,4,8H2,1-3H3,(H,28,29)(H2,19,20,21,22)/t12-/m0/s1. The Balaban J connectivity index is 2.05. The van der Waals surface area contributed by atoms with Crippen LogP contribution in [-0.4, -0.2) is 58.9 Å². The van der Waals surface area contributed by atoms with Gasteiger partial charge in [0, 0.05) is 12.2 Å². The van der Waals surface area contributed by atoms with Crippen molar-refractivity contribution in [2.75, 3.05) is 17.2 Å². The van der Waals surface area contributed by atoms with Crippen molar-refractivity contribution in [1.82, 2.24) is 25.0 Å². The lowest BCUT2D eigenvalue weighted by Crippen LogP contribution is -2.30. The van der Waals surface area contributed by atoms with Gasteiger partial charge in [-0.2, -0.15) is 9.97 Å². The highest BCUT2D eigenvalue weighted by Gasteiger charge is 2.19. The first-order valence-electron chi connectivity index (χ1n) is 9.16. The third-order valence-electron chi connectivity index (χ3n) is 4.47. The summed E-state index contributed by atoms with van der Waals surface area (Å²) in [6.07, 6.45) is 0. The number of nitrogens with zero attached hydrogens (tertiary/aromatic N) is 5. The molecule has 29 heavy (non-hydrogen) atoms. The van der Waals surface area contributed by atoms with Crippen LogP contribution in [0.25, 0.3) is 11.2 Å². The number of hydrogen-bond donors (Lipinski definition) is 5. The van der Waals surface area contributed by atoms with E-state index in [1.54, 1.807) is 4.68 Å². The van der Waals surface area contributed by atoms with Gasteiger partial charge in [-0.25, -0.2) is 9.48 Å². The van der Waals surface area contributed by atoms with Gasteiger partial charge in [-0.1, -0.05) is 19.1 Å². The second-order valence-corrected chi connectivity index (χ2v) is 6.81. The van der Waals surface area contributed by atoms with Crippen LogP contribution in [0.4, 0.5) is 17.5 Å². The van der Waals surface area contributed by atoms with E-state index >= 15 is 0 Å². The van der Waals surface area contributed by atoms with Crippen LogP contribution in [0.5, 0.6) is 5.75 Å². The van der Waals surface area contributed by atoms with Crippen LogP contribution in [0.3, 0.4) is 0 Å². The molecule has 11 heteroatoms. The summed E-state index contributed by atoms with van der Waals surface area (Å²) in [5, 5.41) is 42.8. The van der Waals surface area contributed by atoms with E-state index in [9.17, 15) is 20.1 Å². The molecule has 0 spiro atoms. The molecule has 1 aromatic carbocycles. The van der Waals surface area contributed by atoms with Gasteiger partial charge in [0.15, 0.2) is 17.0 Å². The van der Waals surface area contributed by atoms with Crippen LogP contribution in [0.2, 0.25) is 0 Å². The number of carbonyl (C=O) groups is 1. The van der Waals surface area contributed by atoms with Crippen LogP contribution < -0.4 is 10.6 Å². The maximum Gasteiger partial charge on any atom is 0.339 e. The molecule has 1 atom stereocenters. The molecular formula is C18H23N7O4. The van der Waals surface area contributed by atoms with Crippen LogP contribution in [0, 0.1) is 5.92 Å². The van der Waals surface area contributed by atoms with E-state index in [1.165, 1.54) is 18.2 Å². The summed E-state index contributed by atoms with van der Waals surface area (Å²) in [5.41, 5.74) is 1.06. The van der Waals surface area contributed by atoms with E-state index in [2.05, 4.69) is 30.9 Å². The van der Waals surface area contributed by atoms with Crippen LogP contribution in [-0.2, 0) is 6.54 Å². The SMILES string of the molecule is CCn1nnc2c(Nc3ccc(O)c(C(=O)O)c3)nc(N[C@@H](CO)C(C)C)nc21. The lowest BCUT2D eigenvalue weighted by Gasteiger charge is -2.20. The number of aromatic hydroxyl groups is 1. The summed E-state index contributed by atoms with van der Waals surface area (Å²) in [5.74, 6) is -0.847. The van der Waals surface area contributed by atoms with Crippen molar-refractivity contribution in [3.63, 3.8) is 0 Å². The molecule has 154 valence electrons. The molecule has 0 saturated heterocycles. The maximum atomic E-state index is 11.3. The van der Waals surface area contributed by atoms with Gasteiger partial charge in [-0.05, 0) is 31.0 Å². The second-order valence-electron chi connectivity index (χ2n) is 6.81. The molecule has 0 bridgehead atoms. The molecule has 0 fully saturated rings. The number of benzene rings is 1. The fourth-order valence-corrected chi connectivity index (χ4v) is 2.73. The van der Waals surface area contributed by atoms with Gasteiger partial charge in [0.1, 0.15) is 11.3 Å². The Labute approximate surface area is 166 Å². The zero-order valence-electron chi connectivity index (χ0n) is 16.3. The molecule has 3 rings (SSSR count). The molecule has 0 saturated carbocycles. The Morgan fingerprint density at radius 3 is 2.66 bits per heavy atom. The van der Waals surface area contributed by atoms with Gasteiger partial charge in [0.05, 0.1) is 12.6 Å². The monoisotopic (exact) mass is 401 g/mol. The summed E-state index contributed by atoms with van der Waals surface area (Å²) in [7, 11) is 0. The molecule has 2 heterocycles. The van der Waals surface area contributed by atoms with E-state index in [-0.39, 0.29) is 35.8 Å². The number of aromatic nitrogens is 5. The molecule has 5 N–H and O–H groups in total. The average molecular weight is 401 g/mol. The fraction of sp³-hybridized carbons (Fsp3) is 0.389. The van der Waals surface area contributed by atoms with Crippen molar-refractivity contribution >= 4 is 34.6 Å². The van der Waals surface area contributed by atoms with Crippen molar-refractivity contribution < 1.29 is 20.1 Å². The number of fused-ring (bicyclic) bond motifs is 1. The lowest BCUT2D eigenvalue weighted by molar-refractivity contribution is 0.0694. The summed E-state index contributed by atoms with van der Waals surface area (Å²) in [4.78, 5) is 20.2. The number of aromatic carboxylic acids is 1. The molecule has 0 aliphatic carbocycles. The van der Waals surface area contributed by atoms with Crippen molar-refractivity contribution in [2.45, 2.75) is 33.4 Å². The fourth-order valence-electron chi connectivity index (χ4n) is 2.73. The van der Waals surface area contributed by atoms with Crippen molar-refractivity contribution in [3.05, 3.63) is 23.8 Å². The highest BCUT2D eigenvalue weighted by Crippen LogP contribution is 2.27. The largest absolute Gasteiger partial charge is 0.507 e. The molecule has 0 aliphatic rings. The molecule has 0 aliphatic heterocycles. The summed E-state index contributed by atoms with van der Waals surface area (Å²) in [6, 6.07) is 3.86. The molecule has 0 amide bonds. The summed E-state index contributed by atoms with van der Waals surface area (Å²) < 4.78 is 1.61. The molecule has 2 aromatic heterocycles. The van der Waals surface area contributed by atoms with E-state index in [0.717, 1.165) is 0 Å². The van der Waals surface area contributed by atoms with E-state index < -0.39 is 5.97 Å². The Morgan fingerprint density at radius 1 is 1.28 bits per heavy atom. The quantitative estimate of drug-likeness (QED) is 0.352. The van der Waals surface area contributed by atoms with Gasteiger partial charge in [-0.15, -0.1) is 5.10 Å². The van der Waals surface area contributed by atoms with Gasteiger partial charge < -0.3 is 26.0 Å². The van der Waals surface area contributed by atoms with Gasteiger partial charge in [-0.3, -0.25) is 0 Å². The van der Waals surface area contributed by atoms with Gasteiger partial charge in [0.2, 0.25) is 5.95 Å². The number of aliphatic hydroxyl groups is 1. The number of phenols is 1. The minimum atomic E-state index is -1.25. The highest BCUT2D eigenvalue weighted by atomic mass is 16.4. The number of aryl methyl sites for hydroxylation is 1. The van der Waals surface area contributed by atoms with E-state index in [0.29, 0.717) is 29.2 Å². The van der Waals surface area contributed by atoms with Crippen molar-refractivity contribution in [3.8, 4) is 5.75 Å². The predicted octanol–water partition coefficient (Wildman–Crippen LogP) is 1.82. The minimum absolute atomic E-state index is 0.0902. The van der Waals surface area contributed by atoms with Gasteiger partial charge in [0.25, 0.3) is 0 Å². The van der Waals surface area contributed by atoms with Crippen molar-refractivity contribution in [1.29, 1.82) is 0 Å². The molecule has 0 unspecified atom stereocenters. The Kier molecular flexibility index (Phi) is 5.78. The number of carboxylic acid groups (broad SMARTS) is 1. The number of aliphatic hydroxyl groups excluding tert-OH is 1. The minimum Gasteiger partial charge on any atom is -0.507 e. The first kappa shape index (κ1) is 20.3. The number of anilines is 3. The van der Waals surface area contributed by atoms with Crippen LogP contribution in [0.15, 0.2) is 18.2 Å². The number of nitrogens with one attached hydrogen (secondary N) is 2. The first-order chi connectivity index (χ1) is 13.8. The molecule has 3 aromatic rings. The second kappa shape index (κ2) is 8.27. The number of rotatable bonds is 8. The Bertz CT molecular complexity index is 1030. The molecular weight excluding hydrogens is 378 g/mol. The highest BCUT2D eigenvalue weighted by molar-refractivity contribution is 5.93. The lowest BCUT2D eigenvalue weighted by atomic mass is 10.1. The summed E-state index contributed by atoms with van der Waals surface area (Å²) in [6.45, 7) is 6.29. The molecule has 0 radical (unpaired) electrons. The normalized spacial score (nSPS) is 12.3. The summed E-state index contributed by atoms with van der Waals surface area (Å²) >= 11 is 0. The maximum absolute atomic E-state index is 11.3. The zero-order chi connectivity index (χ0) is 21.1. The van der Waals surface area contributed by atoms with E-state index in [4.69, 9.17) is 0 Å². The van der Waals surface area contributed by atoms with Gasteiger partial charge >= 0.3 is 5.97 Å². The number of carboxylic acids is 1. The van der Waals surface area contributed by atoms with Crippen LogP contribution >= 0.6 is 0 Å². The Morgan fingerprint density at radius 2 is 2.03 bits per heavy atom. The third-order valence-corrected chi connectivity index (χ3v) is 4.47. The predicted molar refractivity (Wildman–Crippen MR) is 106 cm³/mol. The van der Waals surface area contributed by atoms with Crippen LogP contribution in [0.1, 0.15) is 31.1 Å². The smallest absolute Gasteiger partial charge is 0.339 e. The zero-order valence-corrected chi connectivity index (χ0v) is 16.3. The average Bonchev–Trinajstić information content (AvgIpc) is 3.10. The first-order valence-corrected chi connectivity index (χ1v) is 9.16.